The van der Waals surface area contributed by atoms with Gasteiger partial charge in [0.2, 0.25) is 5.91 Å². The van der Waals surface area contributed by atoms with E-state index in [1.807, 2.05) is 13.2 Å². The van der Waals surface area contributed by atoms with Crippen molar-refractivity contribution in [3.05, 3.63) is 62.7 Å². The largest absolute Gasteiger partial charge is 0.373 e. The molecule has 0 bridgehead atoms. The molecule has 0 aliphatic carbocycles. The van der Waals surface area contributed by atoms with Crippen LogP contribution in [0, 0.1) is 10.1 Å². The molecule has 29 heavy (non-hydrogen) atoms. The number of hydrogen-bond donors (Lipinski definition) is 2. The van der Waals surface area contributed by atoms with Crippen molar-refractivity contribution in [2.75, 3.05) is 11.9 Å². The van der Waals surface area contributed by atoms with Gasteiger partial charge in [-0.25, -0.2) is 0 Å². The van der Waals surface area contributed by atoms with Crippen molar-refractivity contribution >= 4 is 28.2 Å². The van der Waals surface area contributed by atoms with Gasteiger partial charge in [0.1, 0.15) is 6.04 Å². The molecule has 10 heteroatoms. The molecular formula is C19H22N6O4. The van der Waals surface area contributed by atoms with E-state index in [4.69, 9.17) is 0 Å². The second-order valence-corrected chi connectivity index (χ2v) is 6.84. The molecule has 0 unspecified atom stereocenters. The number of aromatic nitrogens is 3. The molecule has 1 atom stereocenters. The van der Waals surface area contributed by atoms with E-state index in [9.17, 15) is 19.7 Å². The number of hydrogen-bond acceptors (Lipinski definition) is 6. The van der Waals surface area contributed by atoms with Crippen LogP contribution in [0.3, 0.4) is 0 Å². The van der Waals surface area contributed by atoms with E-state index in [2.05, 4.69) is 15.7 Å². The predicted molar refractivity (Wildman–Crippen MR) is 109 cm³/mol. The number of benzene rings is 1. The predicted octanol–water partition coefficient (Wildman–Crippen LogP) is 1.34. The fourth-order valence-corrected chi connectivity index (χ4v) is 3.06. The lowest BCUT2D eigenvalue weighted by Gasteiger charge is -2.17. The fourth-order valence-electron chi connectivity index (χ4n) is 3.06. The first-order valence-corrected chi connectivity index (χ1v) is 9.06. The first-order chi connectivity index (χ1) is 13.8. The Balaban J connectivity index is 1.76. The molecule has 10 nitrogen and oxygen atoms in total. The van der Waals surface area contributed by atoms with E-state index in [0.717, 1.165) is 5.56 Å². The zero-order chi connectivity index (χ0) is 21.1. The van der Waals surface area contributed by atoms with E-state index in [0.29, 0.717) is 29.6 Å². The summed E-state index contributed by atoms with van der Waals surface area (Å²) in [5.41, 5.74) is 1.56. The van der Waals surface area contributed by atoms with Crippen LogP contribution in [0.5, 0.6) is 0 Å². The maximum atomic E-state index is 12.4. The van der Waals surface area contributed by atoms with Crippen LogP contribution in [0.15, 0.2) is 41.5 Å². The van der Waals surface area contributed by atoms with E-state index in [-0.39, 0.29) is 17.2 Å². The van der Waals surface area contributed by atoms with Crippen LogP contribution >= 0.6 is 0 Å². The van der Waals surface area contributed by atoms with E-state index >= 15 is 0 Å². The van der Waals surface area contributed by atoms with Crippen LogP contribution in [-0.2, 0) is 25.3 Å². The van der Waals surface area contributed by atoms with Gasteiger partial charge >= 0.3 is 0 Å². The number of amides is 1. The van der Waals surface area contributed by atoms with Crippen molar-refractivity contribution in [1.82, 2.24) is 19.7 Å². The molecule has 2 N–H and O–H groups in total. The lowest BCUT2D eigenvalue weighted by atomic mass is 10.1. The summed E-state index contributed by atoms with van der Waals surface area (Å²) in [6.07, 6.45) is 4.27. The van der Waals surface area contributed by atoms with E-state index < -0.39 is 11.0 Å². The summed E-state index contributed by atoms with van der Waals surface area (Å²) < 4.78 is 3.10. The fraction of sp³-hybridized carbons (Fsp3) is 0.316. The highest BCUT2D eigenvalue weighted by molar-refractivity contribution is 5.95. The average Bonchev–Trinajstić information content (AvgIpc) is 3.10. The molecule has 0 fully saturated rings. The van der Waals surface area contributed by atoms with Gasteiger partial charge < -0.3 is 15.2 Å². The molecule has 1 amide bonds. The first-order valence-electron chi connectivity index (χ1n) is 9.06. The zero-order valence-corrected chi connectivity index (χ0v) is 16.4. The number of nitro benzene ring substituents is 1. The van der Waals surface area contributed by atoms with Crippen molar-refractivity contribution in [3.8, 4) is 0 Å². The molecule has 3 aromatic rings. The van der Waals surface area contributed by atoms with E-state index in [1.165, 1.54) is 28.8 Å². The summed E-state index contributed by atoms with van der Waals surface area (Å²) in [7, 11) is 3.42. The van der Waals surface area contributed by atoms with Crippen LogP contribution < -0.4 is 16.2 Å². The van der Waals surface area contributed by atoms with Gasteiger partial charge in [0.25, 0.3) is 11.2 Å². The van der Waals surface area contributed by atoms with Gasteiger partial charge in [-0.15, -0.1) is 0 Å². The number of nitro groups is 1. The van der Waals surface area contributed by atoms with Crippen LogP contribution in [0.2, 0.25) is 0 Å². The highest BCUT2D eigenvalue weighted by atomic mass is 16.6. The van der Waals surface area contributed by atoms with Crippen molar-refractivity contribution < 1.29 is 9.72 Å². The van der Waals surface area contributed by atoms with Gasteiger partial charge in [0, 0.05) is 56.1 Å². The van der Waals surface area contributed by atoms with Crippen LogP contribution in [0.4, 0.5) is 11.4 Å². The lowest BCUT2D eigenvalue weighted by Crippen LogP contribution is -2.38. The van der Waals surface area contributed by atoms with Gasteiger partial charge in [-0.05, 0) is 25.0 Å². The van der Waals surface area contributed by atoms with Gasteiger partial charge in [0.05, 0.1) is 16.6 Å². The molecule has 0 aliphatic rings. The standard InChI is InChI=1S/C19H22N6O4/c1-12(19(27)20-7-6-13-10-21-23(2)11-13)22-16-9-18(26)24(3)17-5-4-14(25(28)29)8-15(16)17/h4-5,8-12,22H,6-7H2,1-3H3,(H,20,27)/t12-/m1/s1. The molecule has 0 saturated heterocycles. The maximum absolute atomic E-state index is 12.4. The second kappa shape index (κ2) is 8.13. The number of nitrogens with zero attached hydrogens (tertiary/aromatic N) is 4. The minimum absolute atomic E-state index is 0.0900. The summed E-state index contributed by atoms with van der Waals surface area (Å²) >= 11 is 0. The SMILES string of the molecule is C[C@@H](Nc1cc(=O)n(C)c2ccc([N+](=O)[O-])cc12)C(=O)NCCc1cnn(C)c1. The van der Waals surface area contributed by atoms with Gasteiger partial charge in [-0.1, -0.05) is 0 Å². The zero-order valence-electron chi connectivity index (χ0n) is 16.4. The highest BCUT2D eigenvalue weighted by Crippen LogP contribution is 2.26. The first kappa shape index (κ1) is 20.1. The Morgan fingerprint density at radius 3 is 2.72 bits per heavy atom. The Hall–Kier alpha value is -3.69. The number of anilines is 1. The number of non-ortho nitro benzene ring substituents is 1. The minimum Gasteiger partial charge on any atom is -0.373 e. The van der Waals surface area contributed by atoms with E-state index in [1.54, 1.807) is 24.9 Å². The molecule has 2 aromatic heterocycles. The van der Waals surface area contributed by atoms with Crippen molar-refractivity contribution in [3.63, 3.8) is 0 Å². The minimum atomic E-state index is -0.640. The number of nitrogens with one attached hydrogen (secondary N) is 2. The van der Waals surface area contributed by atoms with Gasteiger partial charge in [-0.2, -0.15) is 5.10 Å². The molecule has 3 rings (SSSR count). The number of pyridine rings is 1. The maximum Gasteiger partial charge on any atom is 0.270 e. The third-order valence-corrected chi connectivity index (χ3v) is 4.68. The average molecular weight is 398 g/mol. The second-order valence-electron chi connectivity index (χ2n) is 6.84. The third-order valence-electron chi connectivity index (χ3n) is 4.68. The van der Waals surface area contributed by atoms with Crippen molar-refractivity contribution in [2.45, 2.75) is 19.4 Å². The lowest BCUT2D eigenvalue weighted by molar-refractivity contribution is -0.384. The Kier molecular flexibility index (Phi) is 5.62. The molecule has 152 valence electrons. The van der Waals surface area contributed by atoms with Crippen LogP contribution in [-0.4, -0.2) is 37.8 Å². The van der Waals surface area contributed by atoms with Crippen molar-refractivity contribution in [1.29, 1.82) is 0 Å². The molecule has 2 heterocycles. The Bertz CT molecular complexity index is 1130. The number of carbonyl (C=O) groups is 1. The summed E-state index contributed by atoms with van der Waals surface area (Å²) in [5, 5.41) is 21.5. The summed E-state index contributed by atoms with van der Waals surface area (Å²) in [5.74, 6) is -0.242. The number of rotatable bonds is 7. The van der Waals surface area contributed by atoms with Crippen molar-refractivity contribution in [2.24, 2.45) is 14.1 Å². The monoisotopic (exact) mass is 398 g/mol. The summed E-state index contributed by atoms with van der Waals surface area (Å²) in [6, 6.07) is 4.97. The molecule has 0 saturated carbocycles. The normalized spacial score (nSPS) is 12.0. The topological polar surface area (TPSA) is 124 Å². The Morgan fingerprint density at radius 1 is 1.31 bits per heavy atom. The Morgan fingerprint density at radius 2 is 2.07 bits per heavy atom. The quantitative estimate of drug-likeness (QED) is 0.457. The molecule has 0 radical (unpaired) electrons. The van der Waals surface area contributed by atoms with Gasteiger partial charge in [-0.3, -0.25) is 24.4 Å². The van der Waals surface area contributed by atoms with Crippen LogP contribution in [0.25, 0.3) is 10.9 Å². The summed E-state index contributed by atoms with van der Waals surface area (Å²) in [6.45, 7) is 2.11. The molecular weight excluding hydrogens is 376 g/mol. The molecule has 0 spiro atoms. The smallest absolute Gasteiger partial charge is 0.270 e. The number of fused-ring (bicyclic) bond motifs is 1. The third kappa shape index (κ3) is 4.42. The Labute approximate surface area is 166 Å². The molecule has 0 aliphatic heterocycles. The summed E-state index contributed by atoms with van der Waals surface area (Å²) in [4.78, 5) is 35.3. The highest BCUT2D eigenvalue weighted by Gasteiger charge is 2.17. The molecule has 1 aromatic carbocycles. The van der Waals surface area contributed by atoms with Crippen LogP contribution in [0.1, 0.15) is 12.5 Å². The van der Waals surface area contributed by atoms with Gasteiger partial charge in [0.15, 0.2) is 0 Å². The number of carbonyl (C=O) groups excluding carboxylic acids is 1. The number of aryl methyl sites for hydroxylation is 2.